The van der Waals surface area contributed by atoms with Crippen molar-refractivity contribution in [1.29, 1.82) is 0 Å². The zero-order valence-corrected chi connectivity index (χ0v) is 10.3. The van der Waals surface area contributed by atoms with Gasteiger partial charge in [0.25, 0.3) is 0 Å². The molecule has 1 aromatic carbocycles. The van der Waals surface area contributed by atoms with Crippen LogP contribution in [0.15, 0.2) is 12.1 Å². The van der Waals surface area contributed by atoms with Gasteiger partial charge in [-0.25, -0.2) is 0 Å². The van der Waals surface area contributed by atoms with Crippen LogP contribution in [0.2, 0.25) is 0 Å². The first-order valence-electron chi connectivity index (χ1n) is 6.34. The molecule has 1 saturated carbocycles. The maximum Gasteiger partial charge on any atom is 0.164 e. The summed E-state index contributed by atoms with van der Waals surface area (Å²) >= 11 is 0. The fraction of sp³-hybridized carbons (Fsp3) is 0.571. The third kappa shape index (κ3) is 2.25. The fourth-order valence-electron chi connectivity index (χ4n) is 2.35. The van der Waals surface area contributed by atoms with E-state index in [1.165, 1.54) is 24.0 Å². The molecule has 0 saturated heterocycles. The zero-order chi connectivity index (χ0) is 11.9. The Morgan fingerprint density at radius 1 is 1.24 bits per heavy atom. The van der Waals surface area contributed by atoms with Gasteiger partial charge in [-0.1, -0.05) is 6.07 Å². The fourth-order valence-corrected chi connectivity index (χ4v) is 2.35. The molecule has 3 nitrogen and oxygen atoms in total. The van der Waals surface area contributed by atoms with Crippen molar-refractivity contribution in [3.8, 4) is 11.5 Å². The molecule has 0 unspecified atom stereocenters. The van der Waals surface area contributed by atoms with Crippen LogP contribution in [-0.4, -0.2) is 18.8 Å². The van der Waals surface area contributed by atoms with Crippen LogP contribution in [0.5, 0.6) is 11.5 Å². The molecule has 0 bridgehead atoms. The molecule has 92 valence electrons. The molecule has 0 amide bonds. The summed E-state index contributed by atoms with van der Waals surface area (Å²) < 4.78 is 11.3. The van der Waals surface area contributed by atoms with Crippen molar-refractivity contribution < 1.29 is 9.47 Å². The van der Waals surface area contributed by atoms with E-state index in [-0.39, 0.29) is 5.54 Å². The lowest BCUT2D eigenvalue weighted by molar-refractivity contribution is 0.170. The Hall–Kier alpha value is -1.22. The van der Waals surface area contributed by atoms with Gasteiger partial charge in [0.2, 0.25) is 0 Å². The highest BCUT2D eigenvalue weighted by atomic mass is 16.6. The van der Waals surface area contributed by atoms with Crippen LogP contribution < -0.4 is 15.2 Å². The normalized spacial score (nSPS) is 20.1. The predicted octanol–water partition coefficient (Wildman–Crippen LogP) is 2.19. The number of rotatable bonds is 3. The Balaban J connectivity index is 1.78. The van der Waals surface area contributed by atoms with E-state index < -0.39 is 0 Å². The summed E-state index contributed by atoms with van der Waals surface area (Å²) in [5.74, 6) is 1.81. The minimum Gasteiger partial charge on any atom is -0.486 e. The molecule has 0 aromatic heterocycles. The van der Waals surface area contributed by atoms with Crippen molar-refractivity contribution >= 4 is 0 Å². The lowest BCUT2D eigenvalue weighted by Crippen LogP contribution is -2.22. The molecule has 0 atom stereocenters. The Bertz CT molecular complexity index is 438. The molecule has 2 N–H and O–H groups in total. The van der Waals surface area contributed by atoms with Crippen LogP contribution in [0.4, 0.5) is 0 Å². The number of hydrogen-bond donors (Lipinski definition) is 1. The van der Waals surface area contributed by atoms with Crippen molar-refractivity contribution in [2.75, 3.05) is 13.2 Å². The summed E-state index contributed by atoms with van der Waals surface area (Å²) in [5, 5.41) is 0. The van der Waals surface area contributed by atoms with Crippen LogP contribution in [-0.2, 0) is 6.42 Å². The molecule has 1 fully saturated rings. The standard InChI is InChI=1S/C14H19NO2/c1-10-8-11(2-3-14(15)4-5-14)9-12-13(10)17-7-6-16-12/h8-9H,2-7,15H2,1H3. The minimum absolute atomic E-state index is 0.126. The molecule has 1 heterocycles. The van der Waals surface area contributed by atoms with Gasteiger partial charge in [0, 0.05) is 5.54 Å². The van der Waals surface area contributed by atoms with Crippen molar-refractivity contribution in [3.05, 3.63) is 23.3 Å². The van der Waals surface area contributed by atoms with Crippen LogP contribution in [0.1, 0.15) is 30.4 Å². The van der Waals surface area contributed by atoms with E-state index in [0.29, 0.717) is 13.2 Å². The lowest BCUT2D eigenvalue weighted by atomic mass is 10.0. The Morgan fingerprint density at radius 2 is 2.00 bits per heavy atom. The van der Waals surface area contributed by atoms with E-state index in [1.54, 1.807) is 0 Å². The summed E-state index contributed by atoms with van der Waals surface area (Å²) in [7, 11) is 0. The quantitative estimate of drug-likeness (QED) is 0.870. The SMILES string of the molecule is Cc1cc(CCC2(N)CC2)cc2c1OCCO2. The second kappa shape index (κ2) is 3.91. The second-order valence-corrected chi connectivity index (χ2v) is 5.30. The summed E-state index contributed by atoms with van der Waals surface area (Å²) in [4.78, 5) is 0. The molecule has 1 aliphatic carbocycles. The molecule has 1 aromatic rings. The van der Waals surface area contributed by atoms with E-state index in [2.05, 4.69) is 19.1 Å². The zero-order valence-electron chi connectivity index (χ0n) is 10.3. The predicted molar refractivity (Wildman–Crippen MR) is 66.6 cm³/mol. The smallest absolute Gasteiger partial charge is 0.164 e. The number of nitrogens with two attached hydrogens (primary N) is 1. The third-order valence-electron chi connectivity index (χ3n) is 3.69. The number of hydrogen-bond acceptors (Lipinski definition) is 3. The largest absolute Gasteiger partial charge is 0.486 e. The molecule has 17 heavy (non-hydrogen) atoms. The molecule has 0 spiro atoms. The maximum absolute atomic E-state index is 6.11. The number of benzene rings is 1. The summed E-state index contributed by atoms with van der Waals surface area (Å²) in [6.45, 7) is 3.38. The van der Waals surface area contributed by atoms with Crippen LogP contribution in [0.25, 0.3) is 0 Å². The summed E-state index contributed by atoms with van der Waals surface area (Å²) in [6, 6.07) is 4.30. The first-order chi connectivity index (χ1) is 8.16. The first-order valence-corrected chi connectivity index (χ1v) is 6.34. The third-order valence-corrected chi connectivity index (χ3v) is 3.69. The highest BCUT2D eigenvalue weighted by Crippen LogP contribution is 2.39. The van der Waals surface area contributed by atoms with Gasteiger partial charge in [0.15, 0.2) is 11.5 Å². The minimum atomic E-state index is 0.126. The Kier molecular flexibility index (Phi) is 2.51. The van der Waals surface area contributed by atoms with Crippen LogP contribution in [0.3, 0.4) is 0 Å². The second-order valence-electron chi connectivity index (χ2n) is 5.30. The van der Waals surface area contributed by atoms with Crippen molar-refractivity contribution in [2.24, 2.45) is 5.73 Å². The topological polar surface area (TPSA) is 44.5 Å². The monoisotopic (exact) mass is 233 g/mol. The van der Waals surface area contributed by atoms with Crippen molar-refractivity contribution in [1.82, 2.24) is 0 Å². The lowest BCUT2D eigenvalue weighted by Gasteiger charge is -2.21. The van der Waals surface area contributed by atoms with Crippen LogP contribution in [0, 0.1) is 6.92 Å². The first kappa shape index (κ1) is 10.9. The van der Waals surface area contributed by atoms with E-state index in [4.69, 9.17) is 15.2 Å². The van der Waals surface area contributed by atoms with E-state index >= 15 is 0 Å². The van der Waals surface area contributed by atoms with Gasteiger partial charge >= 0.3 is 0 Å². The van der Waals surface area contributed by atoms with Gasteiger partial charge in [-0.15, -0.1) is 0 Å². The van der Waals surface area contributed by atoms with Crippen molar-refractivity contribution in [3.63, 3.8) is 0 Å². The van der Waals surface area contributed by atoms with Gasteiger partial charge in [-0.2, -0.15) is 0 Å². The summed E-state index contributed by atoms with van der Waals surface area (Å²) in [5.41, 5.74) is 8.72. The van der Waals surface area contributed by atoms with Gasteiger partial charge in [-0.05, 0) is 49.8 Å². The van der Waals surface area contributed by atoms with Crippen molar-refractivity contribution in [2.45, 2.75) is 38.1 Å². The number of fused-ring (bicyclic) bond motifs is 1. The van der Waals surface area contributed by atoms with Crippen LogP contribution >= 0.6 is 0 Å². The maximum atomic E-state index is 6.11. The molecular formula is C14H19NO2. The van der Waals surface area contributed by atoms with Gasteiger partial charge < -0.3 is 15.2 Å². The van der Waals surface area contributed by atoms with E-state index in [1.807, 2.05) is 0 Å². The molecular weight excluding hydrogens is 214 g/mol. The van der Waals surface area contributed by atoms with Gasteiger partial charge in [-0.3, -0.25) is 0 Å². The molecule has 2 aliphatic rings. The molecule has 3 heteroatoms. The number of aryl methyl sites for hydroxylation is 2. The average molecular weight is 233 g/mol. The van der Waals surface area contributed by atoms with E-state index in [0.717, 1.165) is 24.3 Å². The molecule has 0 radical (unpaired) electrons. The Morgan fingerprint density at radius 3 is 2.76 bits per heavy atom. The van der Waals surface area contributed by atoms with Gasteiger partial charge in [0.1, 0.15) is 13.2 Å². The number of ether oxygens (including phenoxy) is 2. The average Bonchev–Trinajstić information content (AvgIpc) is 3.06. The Labute approximate surface area is 102 Å². The van der Waals surface area contributed by atoms with Gasteiger partial charge in [0.05, 0.1) is 0 Å². The van der Waals surface area contributed by atoms with E-state index in [9.17, 15) is 0 Å². The molecule has 3 rings (SSSR count). The highest BCUT2D eigenvalue weighted by Gasteiger charge is 2.37. The molecule has 1 aliphatic heterocycles. The summed E-state index contributed by atoms with van der Waals surface area (Å²) in [6.07, 6.45) is 4.47. The highest BCUT2D eigenvalue weighted by molar-refractivity contribution is 5.49.